The van der Waals surface area contributed by atoms with Gasteiger partial charge in [-0.25, -0.2) is 4.79 Å². The van der Waals surface area contributed by atoms with E-state index < -0.39 is 6.03 Å². The van der Waals surface area contributed by atoms with Gasteiger partial charge in [-0.2, -0.15) is 0 Å². The largest absolute Gasteiger partial charge is 0.494 e. The van der Waals surface area contributed by atoms with E-state index in [0.717, 1.165) is 38.2 Å². The van der Waals surface area contributed by atoms with Crippen molar-refractivity contribution in [2.75, 3.05) is 57.4 Å². The lowest BCUT2D eigenvalue weighted by Gasteiger charge is -2.34. The zero-order valence-corrected chi connectivity index (χ0v) is 29.5. The molecular weight excluding hydrogens is 640 g/mol. The Balaban J connectivity index is 0.000000255. The average Bonchev–Trinajstić information content (AvgIpc) is 3.19. The number of unbranched alkanes of at least 4 members (excludes halogenated alkanes) is 1. The summed E-state index contributed by atoms with van der Waals surface area (Å²) < 4.78 is 11.4. The molecule has 51 heavy (non-hydrogen) atoms. The minimum absolute atomic E-state index is 0.0190. The molecule has 3 aliphatic rings. The predicted octanol–water partition coefficient (Wildman–Crippen LogP) is 6.77. The van der Waals surface area contributed by atoms with Crippen LogP contribution in [0.2, 0.25) is 0 Å². The van der Waals surface area contributed by atoms with Gasteiger partial charge in [0.2, 0.25) is 5.91 Å². The van der Waals surface area contributed by atoms with Gasteiger partial charge >= 0.3 is 6.03 Å². The van der Waals surface area contributed by atoms with Gasteiger partial charge in [0.1, 0.15) is 11.5 Å². The second kappa shape index (κ2) is 20.5. The Hall–Kier alpha value is -5.15. The van der Waals surface area contributed by atoms with E-state index in [1.54, 1.807) is 35.4 Å². The van der Waals surface area contributed by atoms with Crippen LogP contribution in [-0.2, 0) is 22.4 Å². The first-order valence-corrected chi connectivity index (χ1v) is 18.1. The smallest absolute Gasteiger partial charge is 0.328 e. The highest BCUT2D eigenvalue weighted by atomic mass is 16.5. The third-order valence-electron chi connectivity index (χ3n) is 9.10. The maximum atomic E-state index is 12.6. The van der Waals surface area contributed by atoms with Crippen LogP contribution < -0.4 is 19.7 Å². The van der Waals surface area contributed by atoms with Gasteiger partial charge in [-0.1, -0.05) is 78.9 Å². The second-order valence-corrected chi connectivity index (χ2v) is 12.8. The number of rotatable bonds is 10. The normalized spacial score (nSPS) is 15.6. The fourth-order valence-corrected chi connectivity index (χ4v) is 6.20. The monoisotopic (exact) mass is 690 g/mol. The SMILES string of the molecule is O=C1CCN(c2ccc(OCC(=O)N3CCN(CCCCOc4ccccc4)CC3)cc2)C(=O)N1.c1ccc2c(c1)CCCC2.c1ccccc1. The molecule has 0 radical (unpaired) electrons. The number of ether oxygens (including phenoxy) is 2. The van der Waals surface area contributed by atoms with Crippen LogP contribution in [0.15, 0.2) is 115 Å². The highest BCUT2D eigenvalue weighted by Gasteiger charge is 2.24. The first kappa shape index (κ1) is 37.1. The van der Waals surface area contributed by atoms with Crippen molar-refractivity contribution in [3.05, 3.63) is 126 Å². The molecule has 2 aliphatic heterocycles. The van der Waals surface area contributed by atoms with Crippen LogP contribution in [0.1, 0.15) is 43.2 Å². The molecule has 1 aliphatic carbocycles. The van der Waals surface area contributed by atoms with Crippen molar-refractivity contribution >= 4 is 23.5 Å². The lowest BCUT2D eigenvalue weighted by molar-refractivity contribution is -0.135. The number of carbonyl (C=O) groups excluding carboxylic acids is 3. The third kappa shape index (κ3) is 12.6. The Morgan fingerprint density at radius 2 is 1.18 bits per heavy atom. The second-order valence-electron chi connectivity index (χ2n) is 12.8. The highest BCUT2D eigenvalue weighted by molar-refractivity contribution is 6.05. The molecule has 4 aromatic carbocycles. The molecule has 268 valence electrons. The number of nitrogens with one attached hydrogen (secondary N) is 1. The third-order valence-corrected chi connectivity index (χ3v) is 9.10. The molecule has 9 heteroatoms. The molecule has 7 rings (SSSR count). The molecule has 2 saturated heterocycles. The summed E-state index contributed by atoms with van der Waals surface area (Å²) in [6.07, 6.45) is 7.71. The fraction of sp³-hybridized carbons (Fsp3) is 0.357. The quantitative estimate of drug-likeness (QED) is 0.185. The highest BCUT2D eigenvalue weighted by Crippen LogP contribution is 2.22. The molecule has 0 atom stereocenters. The molecule has 9 nitrogen and oxygen atoms in total. The summed E-state index contributed by atoms with van der Waals surface area (Å²) in [6.45, 7) is 5.17. The Kier molecular flexibility index (Phi) is 14.9. The number of fused-ring (bicyclic) bond motifs is 1. The van der Waals surface area contributed by atoms with Gasteiger partial charge in [-0.15, -0.1) is 0 Å². The molecule has 2 fully saturated rings. The number of urea groups is 1. The van der Waals surface area contributed by atoms with E-state index in [0.29, 0.717) is 37.7 Å². The fourth-order valence-electron chi connectivity index (χ4n) is 6.20. The topological polar surface area (TPSA) is 91.4 Å². The van der Waals surface area contributed by atoms with E-state index in [2.05, 4.69) is 34.5 Å². The van der Waals surface area contributed by atoms with Gasteiger partial charge in [0, 0.05) is 44.8 Å². The van der Waals surface area contributed by atoms with Crippen molar-refractivity contribution in [2.24, 2.45) is 0 Å². The first-order valence-electron chi connectivity index (χ1n) is 18.1. The van der Waals surface area contributed by atoms with Crippen LogP contribution in [-0.4, -0.2) is 80.1 Å². The number of para-hydroxylation sites is 1. The van der Waals surface area contributed by atoms with Crippen molar-refractivity contribution in [1.29, 1.82) is 0 Å². The molecule has 1 N–H and O–H groups in total. The molecular formula is C42H50N4O5. The number of amides is 4. The minimum atomic E-state index is -0.426. The maximum Gasteiger partial charge on any atom is 0.328 e. The maximum absolute atomic E-state index is 12.6. The summed E-state index contributed by atoms with van der Waals surface area (Å²) in [5.41, 5.74) is 3.83. The zero-order valence-electron chi connectivity index (χ0n) is 29.5. The van der Waals surface area contributed by atoms with E-state index >= 15 is 0 Å². The van der Waals surface area contributed by atoms with Gasteiger partial charge in [0.15, 0.2) is 6.61 Å². The lowest BCUT2D eigenvalue weighted by atomic mass is 9.92. The van der Waals surface area contributed by atoms with Gasteiger partial charge in [0.25, 0.3) is 5.91 Å². The van der Waals surface area contributed by atoms with E-state index in [9.17, 15) is 14.4 Å². The van der Waals surface area contributed by atoms with Crippen LogP contribution in [0.5, 0.6) is 11.5 Å². The number of carbonyl (C=O) groups is 3. The first-order chi connectivity index (χ1) is 25.0. The summed E-state index contributed by atoms with van der Waals surface area (Å²) in [5, 5.41) is 2.30. The van der Waals surface area contributed by atoms with Crippen molar-refractivity contribution < 1.29 is 23.9 Å². The molecule has 0 saturated carbocycles. The van der Waals surface area contributed by atoms with Crippen molar-refractivity contribution in [3.8, 4) is 11.5 Å². The number of hydrogen-bond acceptors (Lipinski definition) is 6. The Morgan fingerprint density at radius 1 is 0.608 bits per heavy atom. The number of benzene rings is 4. The Morgan fingerprint density at radius 3 is 1.78 bits per heavy atom. The van der Waals surface area contributed by atoms with Crippen molar-refractivity contribution in [1.82, 2.24) is 15.1 Å². The van der Waals surface area contributed by atoms with E-state index in [1.807, 2.05) is 71.6 Å². The average molecular weight is 691 g/mol. The molecule has 0 spiro atoms. The number of imide groups is 1. The molecule has 4 aromatic rings. The molecule has 0 aromatic heterocycles. The van der Waals surface area contributed by atoms with Crippen LogP contribution >= 0.6 is 0 Å². The standard InChI is InChI=1S/C26H32N4O5.C10H12.C6H6/c31-24-12-14-30(26(33)27-24)21-8-10-23(11-9-21)35-20-25(32)29-17-15-28(16-18-29)13-4-5-19-34-22-6-2-1-3-7-22;1-2-6-10-8-4-3-7-9(10)5-1;1-2-4-6-5-3-1/h1-3,6-11H,4-5,12-20H2,(H,27,31,33);1-2,5-6H,3-4,7-8H2;1-6H. The predicted molar refractivity (Wildman–Crippen MR) is 201 cm³/mol. The number of hydrogen-bond donors (Lipinski definition) is 1. The van der Waals surface area contributed by atoms with Crippen LogP contribution in [0.4, 0.5) is 10.5 Å². The van der Waals surface area contributed by atoms with Crippen LogP contribution in [0, 0.1) is 0 Å². The minimum Gasteiger partial charge on any atom is -0.494 e. The van der Waals surface area contributed by atoms with Crippen molar-refractivity contribution in [2.45, 2.75) is 44.9 Å². The number of anilines is 1. The van der Waals surface area contributed by atoms with E-state index in [1.165, 1.54) is 30.6 Å². The van der Waals surface area contributed by atoms with Crippen LogP contribution in [0.3, 0.4) is 0 Å². The molecule has 4 amide bonds. The van der Waals surface area contributed by atoms with Gasteiger partial charge in [-0.3, -0.25) is 24.7 Å². The van der Waals surface area contributed by atoms with E-state index in [4.69, 9.17) is 9.47 Å². The summed E-state index contributed by atoms with van der Waals surface area (Å²) >= 11 is 0. The van der Waals surface area contributed by atoms with Gasteiger partial charge < -0.3 is 14.4 Å². The van der Waals surface area contributed by atoms with Crippen LogP contribution in [0.25, 0.3) is 0 Å². The Bertz CT molecular complexity index is 1570. The van der Waals surface area contributed by atoms with Crippen molar-refractivity contribution in [3.63, 3.8) is 0 Å². The molecule has 2 heterocycles. The van der Waals surface area contributed by atoms with Gasteiger partial charge in [-0.05, 0) is 92.6 Å². The number of nitrogens with zero attached hydrogens (tertiary/aromatic N) is 3. The molecule has 0 bridgehead atoms. The van der Waals surface area contributed by atoms with Gasteiger partial charge in [0.05, 0.1) is 6.61 Å². The summed E-state index contributed by atoms with van der Waals surface area (Å²) in [7, 11) is 0. The van der Waals surface area contributed by atoms with E-state index in [-0.39, 0.29) is 24.8 Å². The summed E-state index contributed by atoms with van der Waals surface area (Å²) in [4.78, 5) is 41.6. The summed E-state index contributed by atoms with van der Waals surface area (Å²) in [6, 6.07) is 37.2. The number of aryl methyl sites for hydroxylation is 2. The lowest BCUT2D eigenvalue weighted by Crippen LogP contribution is -2.50. The zero-order chi connectivity index (χ0) is 35.5. The Labute approximate surface area is 302 Å². The number of piperazine rings is 1. The summed E-state index contributed by atoms with van der Waals surface area (Å²) in [5.74, 6) is 1.18. The molecule has 0 unspecified atom stereocenters.